The highest BCUT2D eigenvalue weighted by Gasteiger charge is 2.38. The highest BCUT2D eigenvalue weighted by Crippen LogP contribution is 2.52. The van der Waals surface area contributed by atoms with Crippen LogP contribution in [0.5, 0.6) is 0 Å². The third kappa shape index (κ3) is 1.78. The summed E-state index contributed by atoms with van der Waals surface area (Å²) in [7, 11) is 0. The van der Waals surface area contributed by atoms with Crippen molar-refractivity contribution in [3.8, 4) is 11.3 Å². The molecule has 1 saturated carbocycles. The molecular weight excluding hydrogens is 279 g/mol. The van der Waals surface area contributed by atoms with E-state index in [4.69, 9.17) is 23.2 Å². The van der Waals surface area contributed by atoms with Crippen LogP contribution in [-0.4, -0.2) is 10.2 Å². The summed E-state index contributed by atoms with van der Waals surface area (Å²) in [4.78, 5) is 0. The van der Waals surface area contributed by atoms with E-state index >= 15 is 0 Å². The molecular formula is C15H12Cl2N2. The zero-order valence-corrected chi connectivity index (χ0v) is 11.7. The molecule has 2 bridgehead atoms. The lowest BCUT2D eigenvalue weighted by Crippen LogP contribution is -2.03. The smallest absolute Gasteiger partial charge is 0.0947 e. The van der Waals surface area contributed by atoms with Gasteiger partial charge in [0.1, 0.15) is 0 Å². The van der Waals surface area contributed by atoms with E-state index in [1.807, 2.05) is 12.1 Å². The standard InChI is InChI=1S/C15H12Cl2N2/c16-10-3-4-11(13(17)6-10)14-7-12-8-1-2-9(5-8)15(12)19-18-14/h3-4,6-9H,1-2,5H2. The van der Waals surface area contributed by atoms with E-state index in [2.05, 4.69) is 16.3 Å². The van der Waals surface area contributed by atoms with E-state index in [0.717, 1.165) is 11.3 Å². The minimum absolute atomic E-state index is 0.630. The molecule has 1 aromatic carbocycles. The summed E-state index contributed by atoms with van der Waals surface area (Å²) in [5.74, 6) is 1.32. The molecule has 19 heavy (non-hydrogen) atoms. The van der Waals surface area contributed by atoms with E-state index in [1.165, 1.54) is 30.5 Å². The molecule has 4 rings (SSSR count). The van der Waals surface area contributed by atoms with Gasteiger partial charge in [-0.3, -0.25) is 0 Å². The van der Waals surface area contributed by atoms with Crippen molar-refractivity contribution in [2.45, 2.75) is 31.1 Å². The number of rotatable bonds is 1. The second kappa shape index (κ2) is 4.19. The number of hydrogen-bond donors (Lipinski definition) is 0. The van der Waals surface area contributed by atoms with Gasteiger partial charge in [-0.15, -0.1) is 0 Å². The van der Waals surface area contributed by atoms with Crippen molar-refractivity contribution in [3.63, 3.8) is 0 Å². The summed E-state index contributed by atoms with van der Waals surface area (Å²) in [5.41, 5.74) is 4.36. The Labute approximate surface area is 121 Å². The van der Waals surface area contributed by atoms with Crippen molar-refractivity contribution in [1.82, 2.24) is 10.2 Å². The molecule has 2 atom stereocenters. The fourth-order valence-electron chi connectivity index (χ4n) is 3.40. The molecule has 1 aromatic heterocycles. The Kier molecular flexibility index (Phi) is 2.58. The molecule has 4 heteroatoms. The van der Waals surface area contributed by atoms with Crippen LogP contribution in [0.1, 0.15) is 42.4 Å². The minimum Gasteiger partial charge on any atom is -0.154 e. The van der Waals surface area contributed by atoms with Crippen LogP contribution in [0.15, 0.2) is 24.3 Å². The monoisotopic (exact) mass is 290 g/mol. The lowest BCUT2D eigenvalue weighted by molar-refractivity contribution is 0.681. The Morgan fingerprint density at radius 2 is 1.84 bits per heavy atom. The first-order valence-electron chi connectivity index (χ1n) is 6.55. The van der Waals surface area contributed by atoms with Gasteiger partial charge in [0.05, 0.1) is 16.4 Å². The summed E-state index contributed by atoms with van der Waals surface area (Å²) in [5, 5.41) is 10.1. The fraction of sp³-hybridized carbons (Fsp3) is 0.333. The number of fused-ring (bicyclic) bond motifs is 5. The molecule has 2 aliphatic rings. The zero-order valence-electron chi connectivity index (χ0n) is 10.2. The lowest BCUT2D eigenvalue weighted by Gasteiger charge is -2.14. The van der Waals surface area contributed by atoms with E-state index in [1.54, 1.807) is 6.07 Å². The quantitative estimate of drug-likeness (QED) is 0.753. The van der Waals surface area contributed by atoms with Crippen LogP contribution in [0.25, 0.3) is 11.3 Å². The summed E-state index contributed by atoms with van der Waals surface area (Å²) in [6.45, 7) is 0. The normalized spacial score (nSPS) is 23.7. The number of nitrogens with zero attached hydrogens (tertiary/aromatic N) is 2. The van der Waals surface area contributed by atoms with E-state index < -0.39 is 0 Å². The van der Waals surface area contributed by atoms with E-state index in [-0.39, 0.29) is 0 Å². The van der Waals surface area contributed by atoms with Gasteiger partial charge in [0, 0.05) is 16.5 Å². The maximum Gasteiger partial charge on any atom is 0.0947 e. The zero-order chi connectivity index (χ0) is 13.0. The summed E-state index contributed by atoms with van der Waals surface area (Å²) in [6, 6.07) is 7.67. The van der Waals surface area contributed by atoms with Crippen LogP contribution >= 0.6 is 23.2 Å². The van der Waals surface area contributed by atoms with Gasteiger partial charge in [0.25, 0.3) is 0 Å². The second-order valence-electron chi connectivity index (χ2n) is 5.40. The summed E-state index contributed by atoms with van der Waals surface area (Å²) >= 11 is 12.2. The third-order valence-corrected chi connectivity index (χ3v) is 4.87. The minimum atomic E-state index is 0.630. The van der Waals surface area contributed by atoms with Crippen LogP contribution in [0.3, 0.4) is 0 Å². The van der Waals surface area contributed by atoms with Crippen molar-refractivity contribution in [2.24, 2.45) is 0 Å². The Hall–Kier alpha value is -1.12. The van der Waals surface area contributed by atoms with Crippen LogP contribution in [0.2, 0.25) is 10.0 Å². The second-order valence-corrected chi connectivity index (χ2v) is 6.24. The van der Waals surface area contributed by atoms with Crippen molar-refractivity contribution >= 4 is 23.2 Å². The largest absolute Gasteiger partial charge is 0.154 e. The molecule has 1 heterocycles. The van der Waals surface area contributed by atoms with E-state index in [9.17, 15) is 0 Å². The first-order valence-corrected chi connectivity index (χ1v) is 7.31. The third-order valence-electron chi connectivity index (χ3n) is 4.32. The molecule has 2 unspecified atom stereocenters. The number of halogens is 2. The first kappa shape index (κ1) is 11.7. The molecule has 2 aromatic rings. The average molecular weight is 291 g/mol. The van der Waals surface area contributed by atoms with Crippen LogP contribution in [-0.2, 0) is 0 Å². The molecule has 1 fully saturated rings. The topological polar surface area (TPSA) is 25.8 Å². The maximum absolute atomic E-state index is 6.24. The lowest BCUT2D eigenvalue weighted by atomic mass is 9.95. The van der Waals surface area contributed by atoms with Gasteiger partial charge in [-0.2, -0.15) is 10.2 Å². The molecule has 2 nitrogen and oxygen atoms in total. The molecule has 0 saturated heterocycles. The molecule has 96 valence electrons. The Morgan fingerprint density at radius 1 is 1.00 bits per heavy atom. The number of benzene rings is 1. The Morgan fingerprint density at radius 3 is 2.68 bits per heavy atom. The fourth-order valence-corrected chi connectivity index (χ4v) is 3.91. The molecule has 0 spiro atoms. The maximum atomic E-state index is 6.24. The summed E-state index contributed by atoms with van der Waals surface area (Å²) in [6.07, 6.45) is 3.81. The first-order chi connectivity index (χ1) is 9.22. The Bertz CT molecular complexity index is 669. The van der Waals surface area contributed by atoms with Crippen LogP contribution < -0.4 is 0 Å². The molecule has 0 N–H and O–H groups in total. The van der Waals surface area contributed by atoms with Crippen molar-refractivity contribution in [2.75, 3.05) is 0 Å². The van der Waals surface area contributed by atoms with Crippen molar-refractivity contribution in [3.05, 3.63) is 45.6 Å². The van der Waals surface area contributed by atoms with Crippen molar-refractivity contribution < 1.29 is 0 Å². The average Bonchev–Trinajstić information content (AvgIpc) is 3.00. The summed E-state index contributed by atoms with van der Waals surface area (Å²) < 4.78 is 0. The predicted octanol–water partition coefficient (Wildman–Crippen LogP) is 4.82. The van der Waals surface area contributed by atoms with E-state index in [0.29, 0.717) is 21.9 Å². The molecule has 2 aliphatic carbocycles. The Balaban J connectivity index is 1.83. The SMILES string of the molecule is Clc1ccc(-c2cc3c(nn2)C2CCC3C2)c(Cl)c1. The van der Waals surface area contributed by atoms with Gasteiger partial charge in [0.2, 0.25) is 0 Å². The highest BCUT2D eigenvalue weighted by atomic mass is 35.5. The van der Waals surface area contributed by atoms with Gasteiger partial charge in [-0.05, 0) is 55.0 Å². The molecule has 0 aliphatic heterocycles. The number of aromatic nitrogens is 2. The van der Waals surface area contributed by atoms with Crippen molar-refractivity contribution in [1.29, 1.82) is 0 Å². The van der Waals surface area contributed by atoms with Gasteiger partial charge in [-0.25, -0.2) is 0 Å². The van der Waals surface area contributed by atoms with Gasteiger partial charge in [-0.1, -0.05) is 23.2 Å². The van der Waals surface area contributed by atoms with Gasteiger partial charge < -0.3 is 0 Å². The molecule has 0 amide bonds. The van der Waals surface area contributed by atoms with Crippen LogP contribution in [0, 0.1) is 0 Å². The number of hydrogen-bond acceptors (Lipinski definition) is 2. The predicted molar refractivity (Wildman–Crippen MR) is 76.8 cm³/mol. The van der Waals surface area contributed by atoms with Crippen LogP contribution in [0.4, 0.5) is 0 Å². The highest BCUT2D eigenvalue weighted by molar-refractivity contribution is 6.36. The molecule has 0 radical (unpaired) electrons. The van der Waals surface area contributed by atoms with Gasteiger partial charge >= 0.3 is 0 Å². The van der Waals surface area contributed by atoms with Gasteiger partial charge in [0.15, 0.2) is 0 Å².